The Balaban J connectivity index is 2.21. The molecule has 1 aromatic heterocycles. The molecule has 1 N–H and O–H groups in total. The molecule has 1 aromatic carbocycles. The van der Waals surface area contributed by atoms with E-state index in [4.69, 9.17) is 0 Å². The minimum Gasteiger partial charge on any atom is -0.344 e. The van der Waals surface area contributed by atoms with Crippen LogP contribution in [0.1, 0.15) is 40.7 Å². The highest BCUT2D eigenvalue weighted by Crippen LogP contribution is 2.26. The first-order valence-corrected chi connectivity index (χ1v) is 7.47. The third kappa shape index (κ3) is 3.25. The maximum absolute atomic E-state index is 13.1. The van der Waals surface area contributed by atoms with Crippen molar-refractivity contribution in [2.24, 2.45) is 5.92 Å². The molecule has 0 aliphatic carbocycles. The maximum atomic E-state index is 13.1. The first kappa shape index (κ1) is 14.7. The molecule has 4 heteroatoms. The Morgan fingerprint density at radius 1 is 1.30 bits per heavy atom. The monoisotopic (exact) mass is 291 g/mol. The normalized spacial score (nSPS) is 12.4. The van der Waals surface area contributed by atoms with Crippen LogP contribution in [0.5, 0.6) is 0 Å². The summed E-state index contributed by atoms with van der Waals surface area (Å²) >= 11 is 1.63. The molecule has 1 atom stereocenters. The minimum absolute atomic E-state index is 0.0213. The van der Waals surface area contributed by atoms with Gasteiger partial charge in [-0.15, -0.1) is 11.3 Å². The van der Waals surface area contributed by atoms with Gasteiger partial charge < -0.3 is 5.32 Å². The predicted octanol–water partition coefficient (Wildman–Crippen LogP) is 4.32. The first-order chi connectivity index (χ1) is 9.49. The SMILES string of the molecule is Cc1cc(F)ccc1C(=O)NC(c1cccs1)C(C)C. The van der Waals surface area contributed by atoms with Crippen molar-refractivity contribution in [1.82, 2.24) is 5.32 Å². The molecule has 2 aromatic rings. The number of amides is 1. The molecule has 0 saturated carbocycles. The van der Waals surface area contributed by atoms with E-state index in [-0.39, 0.29) is 17.8 Å². The third-order valence-corrected chi connectivity index (χ3v) is 4.19. The van der Waals surface area contributed by atoms with Gasteiger partial charge in [-0.3, -0.25) is 4.79 Å². The fourth-order valence-electron chi connectivity index (χ4n) is 2.14. The summed E-state index contributed by atoms with van der Waals surface area (Å²) in [7, 11) is 0. The topological polar surface area (TPSA) is 29.1 Å². The Morgan fingerprint density at radius 3 is 2.60 bits per heavy atom. The van der Waals surface area contributed by atoms with Crippen LogP contribution in [-0.4, -0.2) is 5.91 Å². The number of hydrogen-bond donors (Lipinski definition) is 1. The highest BCUT2D eigenvalue weighted by Gasteiger charge is 2.20. The number of halogens is 1. The van der Waals surface area contributed by atoms with Gasteiger partial charge in [-0.1, -0.05) is 19.9 Å². The largest absolute Gasteiger partial charge is 0.344 e. The molecule has 0 fully saturated rings. The van der Waals surface area contributed by atoms with E-state index in [1.807, 2.05) is 17.5 Å². The van der Waals surface area contributed by atoms with Crippen LogP contribution in [0.4, 0.5) is 4.39 Å². The van der Waals surface area contributed by atoms with Crippen LogP contribution in [0.2, 0.25) is 0 Å². The molecule has 1 heterocycles. The van der Waals surface area contributed by atoms with Crippen LogP contribution in [0.15, 0.2) is 35.7 Å². The number of rotatable bonds is 4. The van der Waals surface area contributed by atoms with Crippen LogP contribution >= 0.6 is 11.3 Å². The predicted molar refractivity (Wildman–Crippen MR) is 80.5 cm³/mol. The van der Waals surface area contributed by atoms with Crippen LogP contribution in [0.3, 0.4) is 0 Å². The molecule has 20 heavy (non-hydrogen) atoms. The minimum atomic E-state index is -0.322. The van der Waals surface area contributed by atoms with E-state index in [1.165, 1.54) is 18.2 Å². The molecular formula is C16H18FNOS. The van der Waals surface area contributed by atoms with Crippen molar-refractivity contribution < 1.29 is 9.18 Å². The molecule has 2 rings (SSSR count). The second kappa shape index (κ2) is 6.18. The number of carbonyl (C=O) groups is 1. The van der Waals surface area contributed by atoms with Gasteiger partial charge in [0.1, 0.15) is 5.82 Å². The van der Waals surface area contributed by atoms with Gasteiger partial charge in [0.2, 0.25) is 0 Å². The number of nitrogens with one attached hydrogen (secondary N) is 1. The Morgan fingerprint density at radius 2 is 2.05 bits per heavy atom. The summed E-state index contributed by atoms with van der Waals surface area (Å²) in [6.45, 7) is 5.89. The second-order valence-electron chi connectivity index (χ2n) is 5.17. The van der Waals surface area contributed by atoms with E-state index < -0.39 is 0 Å². The van der Waals surface area contributed by atoms with E-state index in [0.717, 1.165) is 4.88 Å². The van der Waals surface area contributed by atoms with Gasteiger partial charge in [0.05, 0.1) is 6.04 Å². The average molecular weight is 291 g/mol. The van der Waals surface area contributed by atoms with Gasteiger partial charge in [-0.2, -0.15) is 0 Å². The smallest absolute Gasteiger partial charge is 0.252 e. The summed E-state index contributed by atoms with van der Waals surface area (Å²) in [5, 5.41) is 5.04. The average Bonchev–Trinajstić information content (AvgIpc) is 2.88. The molecule has 2 nitrogen and oxygen atoms in total. The molecular weight excluding hydrogens is 273 g/mol. The Hall–Kier alpha value is -1.68. The van der Waals surface area contributed by atoms with E-state index in [9.17, 15) is 9.18 Å². The van der Waals surface area contributed by atoms with Crippen LogP contribution < -0.4 is 5.32 Å². The summed E-state index contributed by atoms with van der Waals surface area (Å²) in [5.41, 5.74) is 1.17. The van der Waals surface area contributed by atoms with E-state index in [2.05, 4.69) is 19.2 Å². The number of aryl methyl sites for hydroxylation is 1. The van der Waals surface area contributed by atoms with Gasteiger partial charge >= 0.3 is 0 Å². The van der Waals surface area contributed by atoms with Crippen molar-refractivity contribution in [3.05, 3.63) is 57.5 Å². The van der Waals surface area contributed by atoms with Gasteiger partial charge in [0.25, 0.3) is 5.91 Å². The molecule has 0 bridgehead atoms. The Bertz CT molecular complexity index is 593. The molecule has 0 aliphatic heterocycles. The Labute approximate surface area is 122 Å². The molecule has 1 amide bonds. The summed E-state index contributed by atoms with van der Waals surface area (Å²) in [6, 6.07) is 8.21. The van der Waals surface area contributed by atoms with Crippen molar-refractivity contribution in [3.63, 3.8) is 0 Å². The first-order valence-electron chi connectivity index (χ1n) is 6.59. The molecule has 0 radical (unpaired) electrons. The quantitative estimate of drug-likeness (QED) is 0.893. The van der Waals surface area contributed by atoms with E-state index >= 15 is 0 Å². The standard InChI is InChI=1S/C16H18FNOS/c1-10(2)15(14-5-4-8-20-14)18-16(19)13-7-6-12(17)9-11(13)3/h4-10,15H,1-3H3,(H,18,19). The molecule has 0 aliphatic rings. The summed E-state index contributed by atoms with van der Waals surface area (Å²) in [6.07, 6.45) is 0. The van der Waals surface area contributed by atoms with Gasteiger partial charge in [0, 0.05) is 10.4 Å². The van der Waals surface area contributed by atoms with Crippen molar-refractivity contribution >= 4 is 17.2 Å². The Kier molecular flexibility index (Phi) is 4.55. The highest BCUT2D eigenvalue weighted by molar-refractivity contribution is 7.10. The zero-order chi connectivity index (χ0) is 14.7. The number of carbonyl (C=O) groups excluding carboxylic acids is 1. The molecule has 0 saturated heterocycles. The van der Waals surface area contributed by atoms with Crippen molar-refractivity contribution in [2.75, 3.05) is 0 Å². The van der Waals surface area contributed by atoms with Crippen LogP contribution in [0, 0.1) is 18.7 Å². The highest BCUT2D eigenvalue weighted by atomic mass is 32.1. The second-order valence-corrected chi connectivity index (χ2v) is 6.15. The molecule has 1 unspecified atom stereocenters. The summed E-state index contributed by atoms with van der Waals surface area (Å²) in [4.78, 5) is 13.5. The van der Waals surface area contributed by atoms with Crippen LogP contribution in [0.25, 0.3) is 0 Å². The third-order valence-electron chi connectivity index (χ3n) is 3.24. The molecule has 106 valence electrons. The summed E-state index contributed by atoms with van der Waals surface area (Å²) < 4.78 is 13.1. The van der Waals surface area contributed by atoms with E-state index in [0.29, 0.717) is 17.0 Å². The maximum Gasteiger partial charge on any atom is 0.252 e. The fourth-order valence-corrected chi connectivity index (χ4v) is 3.08. The number of benzene rings is 1. The van der Waals surface area contributed by atoms with Crippen molar-refractivity contribution in [3.8, 4) is 0 Å². The molecule has 0 spiro atoms. The van der Waals surface area contributed by atoms with Gasteiger partial charge in [0.15, 0.2) is 0 Å². The zero-order valence-electron chi connectivity index (χ0n) is 11.8. The lowest BCUT2D eigenvalue weighted by atomic mass is 10.0. The van der Waals surface area contributed by atoms with Gasteiger partial charge in [-0.05, 0) is 48.1 Å². The van der Waals surface area contributed by atoms with Crippen molar-refractivity contribution in [2.45, 2.75) is 26.8 Å². The number of thiophene rings is 1. The fraction of sp³-hybridized carbons (Fsp3) is 0.312. The van der Waals surface area contributed by atoms with Crippen molar-refractivity contribution in [1.29, 1.82) is 0 Å². The lowest BCUT2D eigenvalue weighted by Crippen LogP contribution is -2.31. The lowest BCUT2D eigenvalue weighted by molar-refractivity contribution is 0.0926. The zero-order valence-corrected chi connectivity index (χ0v) is 12.6. The number of hydrogen-bond acceptors (Lipinski definition) is 2. The summed E-state index contributed by atoms with van der Waals surface area (Å²) in [5.74, 6) is -0.189. The lowest BCUT2D eigenvalue weighted by Gasteiger charge is -2.21. The van der Waals surface area contributed by atoms with Gasteiger partial charge in [-0.25, -0.2) is 4.39 Å². The van der Waals surface area contributed by atoms with E-state index in [1.54, 1.807) is 18.3 Å². The van der Waals surface area contributed by atoms with Crippen LogP contribution in [-0.2, 0) is 0 Å².